The summed E-state index contributed by atoms with van der Waals surface area (Å²) in [5, 5.41) is 12.4. The molecule has 2 fully saturated rings. The molecule has 5 nitrogen and oxygen atoms in total. The Morgan fingerprint density at radius 1 is 1.14 bits per heavy atom. The number of piperazine rings is 1. The number of amides is 1. The van der Waals surface area contributed by atoms with Gasteiger partial charge in [0.1, 0.15) is 5.54 Å². The van der Waals surface area contributed by atoms with E-state index in [-0.39, 0.29) is 5.91 Å². The predicted octanol–water partition coefficient (Wildman–Crippen LogP) is 1.60. The van der Waals surface area contributed by atoms with Gasteiger partial charge in [0.15, 0.2) is 0 Å². The van der Waals surface area contributed by atoms with Gasteiger partial charge in [0.25, 0.3) is 0 Å². The van der Waals surface area contributed by atoms with Crippen molar-refractivity contribution in [2.24, 2.45) is 5.92 Å². The summed E-state index contributed by atoms with van der Waals surface area (Å²) in [4.78, 5) is 17.0. The zero-order valence-corrected chi connectivity index (χ0v) is 14.1. The maximum Gasteiger partial charge on any atom is 0.235 e. The Balaban J connectivity index is 1.75. The van der Waals surface area contributed by atoms with Crippen LogP contribution in [-0.2, 0) is 4.79 Å². The van der Waals surface area contributed by atoms with Gasteiger partial charge in [-0.3, -0.25) is 9.69 Å². The van der Waals surface area contributed by atoms with Gasteiger partial charge in [0.2, 0.25) is 5.91 Å². The molecule has 0 aromatic heterocycles. The number of carbonyl (C=O) groups is 1. The van der Waals surface area contributed by atoms with Crippen molar-refractivity contribution >= 4 is 5.91 Å². The lowest BCUT2D eigenvalue weighted by Gasteiger charge is -2.36. The van der Waals surface area contributed by atoms with Crippen molar-refractivity contribution in [3.8, 4) is 6.07 Å². The van der Waals surface area contributed by atoms with Crippen LogP contribution in [0.5, 0.6) is 0 Å². The van der Waals surface area contributed by atoms with E-state index in [1.807, 2.05) is 0 Å². The Morgan fingerprint density at radius 3 is 2.27 bits per heavy atom. The van der Waals surface area contributed by atoms with Crippen molar-refractivity contribution in [3.63, 3.8) is 0 Å². The maximum absolute atomic E-state index is 12.3. The van der Waals surface area contributed by atoms with E-state index >= 15 is 0 Å². The van der Waals surface area contributed by atoms with Crippen LogP contribution in [0.2, 0.25) is 0 Å². The van der Waals surface area contributed by atoms with Gasteiger partial charge in [-0.2, -0.15) is 5.26 Å². The Bertz CT molecular complexity index is 401. The van der Waals surface area contributed by atoms with Crippen LogP contribution in [0.1, 0.15) is 46.0 Å². The first-order valence-corrected chi connectivity index (χ1v) is 8.70. The number of nitriles is 1. The van der Waals surface area contributed by atoms with Crippen molar-refractivity contribution in [1.29, 1.82) is 5.26 Å². The first kappa shape index (κ1) is 17.2. The smallest absolute Gasteiger partial charge is 0.235 e. The normalized spacial score (nSPS) is 23.2. The fourth-order valence-electron chi connectivity index (χ4n) is 3.58. The number of nitrogens with one attached hydrogen (secondary N) is 1. The lowest BCUT2D eigenvalue weighted by Crippen LogP contribution is -2.54. The second-order valence-electron chi connectivity index (χ2n) is 7.27. The molecule has 5 heteroatoms. The SMILES string of the molecule is CC(C)CN1CCN(CC(=O)NC2(C#N)CCCCC2)CC1. The van der Waals surface area contributed by atoms with Gasteiger partial charge in [0.05, 0.1) is 12.6 Å². The molecule has 1 amide bonds. The molecule has 1 heterocycles. The summed E-state index contributed by atoms with van der Waals surface area (Å²) in [6.45, 7) is 10.0. The molecular weight excluding hydrogens is 276 g/mol. The number of hydrogen-bond donors (Lipinski definition) is 1. The lowest BCUT2D eigenvalue weighted by molar-refractivity contribution is -0.124. The Hall–Kier alpha value is -1.12. The highest BCUT2D eigenvalue weighted by Gasteiger charge is 2.34. The highest BCUT2D eigenvalue weighted by atomic mass is 16.2. The van der Waals surface area contributed by atoms with Gasteiger partial charge in [-0.15, -0.1) is 0 Å². The molecule has 0 atom stereocenters. The lowest BCUT2D eigenvalue weighted by atomic mass is 9.83. The van der Waals surface area contributed by atoms with Crippen molar-refractivity contribution in [1.82, 2.24) is 15.1 Å². The predicted molar refractivity (Wildman–Crippen MR) is 87.3 cm³/mol. The van der Waals surface area contributed by atoms with Gasteiger partial charge >= 0.3 is 0 Å². The summed E-state index contributed by atoms with van der Waals surface area (Å²) in [5.74, 6) is 0.706. The number of nitrogens with zero attached hydrogens (tertiary/aromatic N) is 3. The molecule has 0 spiro atoms. The van der Waals surface area contributed by atoms with Gasteiger partial charge in [-0.05, 0) is 18.8 Å². The minimum atomic E-state index is -0.602. The summed E-state index contributed by atoms with van der Waals surface area (Å²) < 4.78 is 0. The Labute approximate surface area is 134 Å². The molecule has 0 bridgehead atoms. The third-order valence-corrected chi connectivity index (χ3v) is 4.76. The van der Waals surface area contributed by atoms with Crippen LogP contribution < -0.4 is 5.32 Å². The largest absolute Gasteiger partial charge is 0.337 e. The van der Waals surface area contributed by atoms with E-state index in [1.165, 1.54) is 6.42 Å². The molecule has 0 unspecified atom stereocenters. The summed E-state index contributed by atoms with van der Waals surface area (Å²) in [6.07, 6.45) is 4.87. The van der Waals surface area contributed by atoms with Gasteiger partial charge in [-0.25, -0.2) is 0 Å². The summed E-state index contributed by atoms with van der Waals surface area (Å²) in [6, 6.07) is 2.36. The van der Waals surface area contributed by atoms with Crippen molar-refractivity contribution < 1.29 is 4.79 Å². The van der Waals surface area contributed by atoms with E-state index in [0.717, 1.165) is 58.4 Å². The average molecular weight is 306 g/mol. The van der Waals surface area contributed by atoms with Gasteiger partial charge in [-0.1, -0.05) is 33.1 Å². The molecule has 2 aliphatic rings. The van der Waals surface area contributed by atoms with Crippen molar-refractivity contribution in [2.75, 3.05) is 39.3 Å². The van der Waals surface area contributed by atoms with Gasteiger partial charge < -0.3 is 10.2 Å². The Kier molecular flexibility index (Phi) is 6.22. The summed E-state index contributed by atoms with van der Waals surface area (Å²) in [5.41, 5.74) is -0.602. The first-order valence-electron chi connectivity index (χ1n) is 8.70. The van der Waals surface area contributed by atoms with Crippen molar-refractivity contribution in [2.45, 2.75) is 51.5 Å². The quantitative estimate of drug-likeness (QED) is 0.838. The molecular formula is C17H30N4O. The molecule has 1 N–H and O–H groups in total. The van der Waals surface area contributed by atoms with E-state index in [4.69, 9.17) is 0 Å². The monoisotopic (exact) mass is 306 g/mol. The minimum absolute atomic E-state index is 0.0146. The second kappa shape index (κ2) is 7.94. The van der Waals surface area contributed by atoms with Gasteiger partial charge in [0, 0.05) is 32.7 Å². The summed E-state index contributed by atoms with van der Waals surface area (Å²) >= 11 is 0. The highest BCUT2D eigenvalue weighted by Crippen LogP contribution is 2.27. The van der Waals surface area contributed by atoms with Crippen LogP contribution in [0.25, 0.3) is 0 Å². The topological polar surface area (TPSA) is 59.4 Å². The molecule has 0 aromatic carbocycles. The van der Waals surface area contributed by atoms with E-state index in [0.29, 0.717) is 12.5 Å². The molecule has 2 rings (SSSR count). The third-order valence-electron chi connectivity index (χ3n) is 4.76. The standard InChI is InChI=1S/C17H30N4O/c1-15(2)12-20-8-10-21(11-9-20)13-16(22)19-17(14-18)6-4-3-5-7-17/h15H,3-13H2,1-2H3,(H,19,22). The number of hydrogen-bond acceptors (Lipinski definition) is 4. The van der Waals surface area contributed by atoms with E-state index in [9.17, 15) is 10.1 Å². The molecule has 22 heavy (non-hydrogen) atoms. The van der Waals surface area contributed by atoms with Crippen molar-refractivity contribution in [3.05, 3.63) is 0 Å². The molecule has 0 aromatic rings. The molecule has 124 valence electrons. The second-order valence-corrected chi connectivity index (χ2v) is 7.27. The van der Waals surface area contributed by atoms with Crippen LogP contribution in [0.4, 0.5) is 0 Å². The molecule has 1 saturated carbocycles. The summed E-state index contributed by atoms with van der Waals surface area (Å²) in [7, 11) is 0. The maximum atomic E-state index is 12.3. The third kappa shape index (κ3) is 4.96. The molecule has 1 aliphatic heterocycles. The minimum Gasteiger partial charge on any atom is -0.337 e. The van der Waals surface area contributed by atoms with E-state index in [1.54, 1.807) is 0 Å². The van der Waals surface area contributed by atoms with Crippen LogP contribution in [0, 0.1) is 17.2 Å². The van der Waals surface area contributed by atoms with Crippen LogP contribution in [0.15, 0.2) is 0 Å². The molecule has 1 aliphatic carbocycles. The highest BCUT2D eigenvalue weighted by molar-refractivity contribution is 5.79. The number of rotatable bonds is 5. The zero-order chi connectivity index (χ0) is 16.0. The number of carbonyl (C=O) groups excluding carboxylic acids is 1. The Morgan fingerprint density at radius 2 is 1.73 bits per heavy atom. The van der Waals surface area contributed by atoms with Crippen LogP contribution in [-0.4, -0.2) is 60.5 Å². The first-order chi connectivity index (χ1) is 10.5. The van der Waals surface area contributed by atoms with E-state index in [2.05, 4.69) is 35.0 Å². The fourth-order valence-corrected chi connectivity index (χ4v) is 3.58. The van der Waals surface area contributed by atoms with Crippen LogP contribution >= 0.6 is 0 Å². The van der Waals surface area contributed by atoms with E-state index < -0.39 is 5.54 Å². The average Bonchev–Trinajstić information content (AvgIpc) is 2.49. The molecule has 1 saturated heterocycles. The zero-order valence-electron chi connectivity index (χ0n) is 14.1. The molecule has 0 radical (unpaired) electrons. The van der Waals surface area contributed by atoms with Crippen LogP contribution in [0.3, 0.4) is 0 Å². The fraction of sp³-hybridized carbons (Fsp3) is 0.882.